The minimum Gasteiger partial charge on any atom is -0.505 e. The molecule has 1 rings (SSSR count). The summed E-state index contributed by atoms with van der Waals surface area (Å²) in [5, 5.41) is 9.13. The fourth-order valence-corrected chi connectivity index (χ4v) is 1.15. The molecule has 0 amide bonds. The first-order valence-corrected chi connectivity index (χ1v) is 3.95. The lowest BCUT2D eigenvalue weighted by Gasteiger charge is -2.04. The molecule has 0 saturated heterocycles. The lowest BCUT2D eigenvalue weighted by atomic mass is 10.1. The molecule has 3 nitrogen and oxygen atoms in total. The lowest BCUT2D eigenvalue weighted by Crippen LogP contribution is -2.04. The molecular formula is C9H12FNO2. The Bertz CT molecular complexity index is 279. The third kappa shape index (κ3) is 2.40. The molecule has 0 heterocycles. The Morgan fingerprint density at radius 1 is 1.54 bits per heavy atom. The van der Waals surface area contributed by atoms with E-state index in [4.69, 9.17) is 11.0 Å². The molecule has 3 N–H and O–H groups in total. The number of rotatable bonds is 3. The summed E-state index contributed by atoms with van der Waals surface area (Å²) in [5.41, 5.74) is 1.23. The van der Waals surface area contributed by atoms with E-state index < -0.39 is 5.82 Å². The Labute approximate surface area is 75.9 Å². The molecule has 0 aliphatic heterocycles. The Morgan fingerprint density at radius 2 is 2.23 bits per heavy atom. The van der Waals surface area contributed by atoms with E-state index >= 15 is 0 Å². The summed E-state index contributed by atoms with van der Waals surface area (Å²) in [7, 11) is 0. The predicted octanol–water partition coefficient (Wildman–Crippen LogP) is 1.27. The van der Waals surface area contributed by atoms with Crippen LogP contribution in [0, 0.1) is 12.7 Å². The van der Waals surface area contributed by atoms with Gasteiger partial charge in [-0.2, -0.15) is 0 Å². The Morgan fingerprint density at radius 3 is 2.77 bits per heavy atom. The van der Waals surface area contributed by atoms with Gasteiger partial charge in [-0.15, -0.1) is 0 Å². The van der Waals surface area contributed by atoms with Crippen molar-refractivity contribution >= 4 is 0 Å². The van der Waals surface area contributed by atoms with Gasteiger partial charge in [0.15, 0.2) is 11.6 Å². The molecule has 0 atom stereocenters. The van der Waals surface area contributed by atoms with Crippen molar-refractivity contribution in [3.05, 3.63) is 29.1 Å². The van der Waals surface area contributed by atoms with Crippen LogP contribution < -0.4 is 5.90 Å². The van der Waals surface area contributed by atoms with Crippen molar-refractivity contribution in [3.8, 4) is 5.75 Å². The number of hydrogen-bond donors (Lipinski definition) is 2. The molecule has 1 aromatic rings. The van der Waals surface area contributed by atoms with Gasteiger partial charge >= 0.3 is 0 Å². The summed E-state index contributed by atoms with van der Waals surface area (Å²) in [6.07, 6.45) is 0.561. The first kappa shape index (κ1) is 9.95. The SMILES string of the molecule is Cc1cc(CCON)cc(O)c1F. The summed E-state index contributed by atoms with van der Waals surface area (Å²) >= 11 is 0. The maximum absolute atomic E-state index is 12.9. The van der Waals surface area contributed by atoms with E-state index in [2.05, 4.69) is 4.84 Å². The zero-order chi connectivity index (χ0) is 9.84. The van der Waals surface area contributed by atoms with Crippen molar-refractivity contribution in [1.82, 2.24) is 0 Å². The third-order valence-corrected chi connectivity index (χ3v) is 1.80. The molecule has 0 spiro atoms. The topological polar surface area (TPSA) is 55.5 Å². The number of hydrogen-bond acceptors (Lipinski definition) is 3. The third-order valence-electron chi connectivity index (χ3n) is 1.80. The number of halogens is 1. The molecule has 13 heavy (non-hydrogen) atoms. The zero-order valence-corrected chi connectivity index (χ0v) is 7.38. The average Bonchev–Trinajstić information content (AvgIpc) is 2.10. The van der Waals surface area contributed by atoms with Crippen LogP contribution in [0.25, 0.3) is 0 Å². The monoisotopic (exact) mass is 185 g/mol. The maximum atomic E-state index is 12.9. The van der Waals surface area contributed by atoms with Gasteiger partial charge in [-0.05, 0) is 30.5 Å². The van der Waals surface area contributed by atoms with Crippen LogP contribution >= 0.6 is 0 Å². The number of aromatic hydroxyl groups is 1. The molecule has 0 aliphatic carbocycles. The Balaban J connectivity index is 2.86. The van der Waals surface area contributed by atoms with Crippen molar-refractivity contribution < 1.29 is 14.3 Å². The molecule has 0 saturated carbocycles. The van der Waals surface area contributed by atoms with Crippen LogP contribution in [0.3, 0.4) is 0 Å². The molecular weight excluding hydrogens is 173 g/mol. The second-order valence-electron chi connectivity index (χ2n) is 2.87. The second kappa shape index (κ2) is 4.20. The smallest absolute Gasteiger partial charge is 0.167 e. The van der Waals surface area contributed by atoms with E-state index in [9.17, 15) is 4.39 Å². The van der Waals surface area contributed by atoms with E-state index in [1.165, 1.54) is 6.07 Å². The standard InChI is InChI=1S/C9H12FNO2/c1-6-4-7(2-3-13-11)5-8(12)9(6)10/h4-5,12H,2-3,11H2,1H3. The molecule has 0 fully saturated rings. The second-order valence-corrected chi connectivity index (χ2v) is 2.87. The normalized spacial score (nSPS) is 10.4. The summed E-state index contributed by atoms with van der Waals surface area (Å²) in [5.74, 6) is 3.95. The van der Waals surface area contributed by atoms with Gasteiger partial charge in [0.05, 0.1) is 6.61 Å². The largest absolute Gasteiger partial charge is 0.505 e. The van der Waals surface area contributed by atoms with Crippen molar-refractivity contribution in [3.63, 3.8) is 0 Å². The molecule has 0 radical (unpaired) electrons. The van der Waals surface area contributed by atoms with Crippen LogP contribution in [0.4, 0.5) is 4.39 Å². The van der Waals surface area contributed by atoms with Crippen LogP contribution in [-0.4, -0.2) is 11.7 Å². The van der Waals surface area contributed by atoms with Crippen molar-refractivity contribution in [1.29, 1.82) is 0 Å². The van der Waals surface area contributed by atoms with E-state index in [1.807, 2.05) is 0 Å². The maximum Gasteiger partial charge on any atom is 0.167 e. The van der Waals surface area contributed by atoms with E-state index in [0.717, 1.165) is 5.56 Å². The van der Waals surface area contributed by atoms with Gasteiger partial charge in [-0.1, -0.05) is 6.07 Å². The van der Waals surface area contributed by atoms with Crippen LogP contribution in [0.2, 0.25) is 0 Å². The zero-order valence-electron chi connectivity index (χ0n) is 7.38. The highest BCUT2D eigenvalue weighted by atomic mass is 19.1. The van der Waals surface area contributed by atoms with Crippen LogP contribution in [0.5, 0.6) is 5.75 Å². The Hall–Kier alpha value is -1.13. The molecule has 4 heteroatoms. The van der Waals surface area contributed by atoms with Gasteiger partial charge in [0, 0.05) is 0 Å². The van der Waals surface area contributed by atoms with E-state index in [1.54, 1.807) is 13.0 Å². The highest BCUT2D eigenvalue weighted by Crippen LogP contribution is 2.21. The molecule has 0 bridgehead atoms. The summed E-state index contributed by atoms with van der Waals surface area (Å²) in [6, 6.07) is 3.04. The highest BCUT2D eigenvalue weighted by Gasteiger charge is 2.05. The van der Waals surface area contributed by atoms with Crippen LogP contribution in [0.15, 0.2) is 12.1 Å². The average molecular weight is 185 g/mol. The van der Waals surface area contributed by atoms with Gasteiger partial charge < -0.3 is 9.94 Å². The quantitative estimate of drug-likeness (QED) is 0.697. The van der Waals surface area contributed by atoms with Gasteiger partial charge in [0.1, 0.15) is 0 Å². The fourth-order valence-electron chi connectivity index (χ4n) is 1.15. The minimum absolute atomic E-state index is 0.327. The highest BCUT2D eigenvalue weighted by molar-refractivity contribution is 5.34. The number of nitrogens with two attached hydrogens (primary N) is 1. The number of benzene rings is 1. The first-order chi connectivity index (χ1) is 6.15. The van der Waals surface area contributed by atoms with Crippen molar-refractivity contribution in [2.75, 3.05) is 6.61 Å². The van der Waals surface area contributed by atoms with Crippen molar-refractivity contribution in [2.24, 2.45) is 5.90 Å². The van der Waals surface area contributed by atoms with Gasteiger partial charge in [-0.3, -0.25) is 0 Å². The fraction of sp³-hybridized carbons (Fsp3) is 0.333. The summed E-state index contributed by atoms with van der Waals surface area (Å²) < 4.78 is 12.9. The van der Waals surface area contributed by atoms with Crippen molar-refractivity contribution in [2.45, 2.75) is 13.3 Å². The predicted molar refractivity (Wildman–Crippen MR) is 46.6 cm³/mol. The molecule has 72 valence electrons. The first-order valence-electron chi connectivity index (χ1n) is 3.95. The van der Waals surface area contributed by atoms with E-state index in [0.29, 0.717) is 18.6 Å². The molecule has 0 aliphatic rings. The minimum atomic E-state index is -0.572. The molecule has 0 aromatic heterocycles. The molecule has 0 unspecified atom stereocenters. The Kier molecular flexibility index (Phi) is 3.22. The van der Waals surface area contributed by atoms with Gasteiger partial charge in [-0.25, -0.2) is 10.3 Å². The van der Waals surface area contributed by atoms with Crippen LogP contribution in [0.1, 0.15) is 11.1 Å². The summed E-state index contributed by atoms with van der Waals surface area (Å²) in [6.45, 7) is 1.95. The summed E-state index contributed by atoms with van der Waals surface area (Å²) in [4.78, 5) is 4.38. The number of aryl methyl sites for hydroxylation is 1. The number of phenols is 1. The lowest BCUT2D eigenvalue weighted by molar-refractivity contribution is 0.141. The van der Waals surface area contributed by atoms with Gasteiger partial charge in [0.2, 0.25) is 0 Å². The van der Waals surface area contributed by atoms with Gasteiger partial charge in [0.25, 0.3) is 0 Å². The van der Waals surface area contributed by atoms with Crippen LogP contribution in [-0.2, 0) is 11.3 Å². The molecule has 1 aromatic carbocycles. The number of phenolic OH excluding ortho intramolecular Hbond substituents is 1. The van der Waals surface area contributed by atoms with E-state index in [-0.39, 0.29) is 5.75 Å².